The van der Waals surface area contributed by atoms with E-state index < -0.39 is 0 Å². The molecule has 17 heavy (non-hydrogen) atoms. The lowest BCUT2D eigenvalue weighted by Crippen LogP contribution is -2.43. The maximum Gasteiger partial charge on any atom is 0.175 e. The fourth-order valence-corrected chi connectivity index (χ4v) is 2.03. The number of carbonyl (C=O) groups is 1. The van der Waals surface area contributed by atoms with E-state index in [-0.39, 0.29) is 24.5 Å². The molecule has 1 aromatic rings. The number of hydrogen-bond donors (Lipinski definition) is 1. The van der Waals surface area contributed by atoms with E-state index in [0.717, 1.165) is 13.0 Å². The summed E-state index contributed by atoms with van der Waals surface area (Å²) in [5.74, 6) is 0.146. The van der Waals surface area contributed by atoms with Crippen LogP contribution < -0.4 is 5.32 Å². The Morgan fingerprint density at radius 2 is 2.12 bits per heavy atom. The van der Waals surface area contributed by atoms with Crippen LogP contribution in [0.1, 0.15) is 25.0 Å². The van der Waals surface area contributed by atoms with Crippen LogP contribution in [0.3, 0.4) is 0 Å². The first-order chi connectivity index (χ1) is 8.16. The number of carbonyl (C=O) groups excluding carboxylic acids is 1. The number of fused-ring (bicyclic) bond motifs is 1. The predicted molar refractivity (Wildman–Crippen MR) is 66.9 cm³/mol. The predicted octanol–water partition coefficient (Wildman–Crippen LogP) is 1.70. The van der Waals surface area contributed by atoms with Crippen LogP contribution in [-0.4, -0.2) is 24.5 Å². The van der Waals surface area contributed by atoms with Gasteiger partial charge in [0.25, 0.3) is 0 Å². The van der Waals surface area contributed by atoms with Crippen molar-refractivity contribution < 1.29 is 9.53 Å². The van der Waals surface area contributed by atoms with Crippen molar-refractivity contribution in [2.24, 2.45) is 0 Å². The minimum absolute atomic E-state index is 0.0938. The van der Waals surface area contributed by atoms with E-state index in [2.05, 4.69) is 17.4 Å². The van der Waals surface area contributed by atoms with E-state index in [1.165, 1.54) is 11.1 Å². The SMILES string of the molecule is CC(C)OCC(=O)C1Cc2ccccc2CN1. The first-order valence-corrected chi connectivity index (χ1v) is 6.11. The van der Waals surface area contributed by atoms with Crippen molar-refractivity contribution >= 4 is 5.78 Å². The zero-order valence-corrected chi connectivity index (χ0v) is 10.4. The molecule has 0 fully saturated rings. The van der Waals surface area contributed by atoms with Gasteiger partial charge >= 0.3 is 0 Å². The highest BCUT2D eigenvalue weighted by molar-refractivity contribution is 5.85. The van der Waals surface area contributed by atoms with Gasteiger partial charge in [-0.05, 0) is 31.4 Å². The van der Waals surface area contributed by atoms with Crippen molar-refractivity contribution in [3.05, 3.63) is 35.4 Å². The van der Waals surface area contributed by atoms with Crippen LogP contribution in [0.25, 0.3) is 0 Å². The lowest BCUT2D eigenvalue weighted by Gasteiger charge is -2.25. The van der Waals surface area contributed by atoms with Crippen molar-refractivity contribution in [2.75, 3.05) is 6.61 Å². The third-order valence-electron chi connectivity index (χ3n) is 3.03. The Bertz CT molecular complexity index is 401. The van der Waals surface area contributed by atoms with E-state index >= 15 is 0 Å². The Hall–Kier alpha value is -1.19. The monoisotopic (exact) mass is 233 g/mol. The molecule has 0 aromatic heterocycles. The molecule has 0 radical (unpaired) electrons. The average molecular weight is 233 g/mol. The second kappa shape index (κ2) is 5.43. The molecule has 3 heteroatoms. The highest BCUT2D eigenvalue weighted by atomic mass is 16.5. The summed E-state index contributed by atoms with van der Waals surface area (Å²) in [5.41, 5.74) is 2.57. The maximum absolute atomic E-state index is 11.9. The number of ketones is 1. The Morgan fingerprint density at radius 1 is 1.41 bits per heavy atom. The third-order valence-corrected chi connectivity index (χ3v) is 3.03. The van der Waals surface area contributed by atoms with Gasteiger partial charge in [-0.2, -0.15) is 0 Å². The third kappa shape index (κ3) is 3.14. The van der Waals surface area contributed by atoms with Gasteiger partial charge in [-0.3, -0.25) is 4.79 Å². The minimum atomic E-state index is -0.0938. The molecule has 0 saturated carbocycles. The van der Waals surface area contributed by atoms with Crippen LogP contribution >= 0.6 is 0 Å². The van der Waals surface area contributed by atoms with Crippen LogP contribution in [0.2, 0.25) is 0 Å². The van der Waals surface area contributed by atoms with E-state index in [9.17, 15) is 4.79 Å². The standard InChI is InChI=1S/C14H19NO2/c1-10(2)17-9-14(16)13-7-11-5-3-4-6-12(11)8-15-13/h3-6,10,13,15H,7-9H2,1-2H3. The van der Waals surface area contributed by atoms with Crippen LogP contribution in [0.4, 0.5) is 0 Å². The van der Waals surface area contributed by atoms with Gasteiger partial charge in [0.05, 0.1) is 12.1 Å². The number of nitrogens with one attached hydrogen (secondary N) is 1. The first-order valence-electron chi connectivity index (χ1n) is 6.11. The van der Waals surface area contributed by atoms with E-state index in [4.69, 9.17) is 4.74 Å². The summed E-state index contributed by atoms with van der Waals surface area (Å²) in [6.07, 6.45) is 0.881. The molecule has 1 aromatic carbocycles. The molecule has 0 saturated heterocycles. The zero-order chi connectivity index (χ0) is 12.3. The topological polar surface area (TPSA) is 38.3 Å². The Balaban J connectivity index is 1.95. The van der Waals surface area contributed by atoms with Gasteiger partial charge < -0.3 is 10.1 Å². The molecule has 1 atom stereocenters. The second-order valence-corrected chi connectivity index (χ2v) is 4.73. The van der Waals surface area contributed by atoms with Crippen molar-refractivity contribution in [3.8, 4) is 0 Å². The average Bonchev–Trinajstić information content (AvgIpc) is 2.35. The van der Waals surface area contributed by atoms with Crippen LogP contribution in [0.5, 0.6) is 0 Å². The van der Waals surface area contributed by atoms with Gasteiger partial charge in [-0.1, -0.05) is 24.3 Å². The molecule has 0 spiro atoms. The molecule has 2 rings (SSSR count). The van der Waals surface area contributed by atoms with E-state index in [1.54, 1.807) is 0 Å². The maximum atomic E-state index is 11.9. The van der Waals surface area contributed by atoms with Crippen LogP contribution in [0, 0.1) is 0 Å². The second-order valence-electron chi connectivity index (χ2n) is 4.73. The van der Waals surface area contributed by atoms with Crippen molar-refractivity contribution in [3.63, 3.8) is 0 Å². The van der Waals surface area contributed by atoms with Crippen molar-refractivity contribution in [1.82, 2.24) is 5.32 Å². The normalized spacial score (nSPS) is 19.1. The zero-order valence-electron chi connectivity index (χ0n) is 10.4. The summed E-state index contributed by atoms with van der Waals surface area (Å²) in [6, 6.07) is 8.16. The molecule has 0 aliphatic carbocycles. The number of hydrogen-bond acceptors (Lipinski definition) is 3. The van der Waals surface area contributed by atoms with Gasteiger partial charge in [0.15, 0.2) is 5.78 Å². The number of benzene rings is 1. The molecule has 3 nitrogen and oxygen atoms in total. The number of ether oxygens (including phenoxy) is 1. The first kappa shape index (κ1) is 12.3. The van der Waals surface area contributed by atoms with Crippen molar-refractivity contribution in [2.45, 2.75) is 39.0 Å². The summed E-state index contributed by atoms with van der Waals surface area (Å²) in [4.78, 5) is 11.9. The molecular formula is C14H19NO2. The fraction of sp³-hybridized carbons (Fsp3) is 0.500. The molecule has 0 amide bonds. The molecule has 1 unspecified atom stereocenters. The molecule has 1 heterocycles. The molecule has 92 valence electrons. The Morgan fingerprint density at radius 3 is 2.82 bits per heavy atom. The summed E-state index contributed by atoms with van der Waals surface area (Å²) in [6.45, 7) is 4.86. The summed E-state index contributed by atoms with van der Waals surface area (Å²) >= 11 is 0. The summed E-state index contributed by atoms with van der Waals surface area (Å²) in [5, 5.41) is 3.27. The molecule has 1 aliphatic heterocycles. The summed E-state index contributed by atoms with van der Waals surface area (Å²) < 4.78 is 5.36. The van der Waals surface area contributed by atoms with Gasteiger partial charge in [0, 0.05) is 6.54 Å². The lowest BCUT2D eigenvalue weighted by molar-refractivity contribution is -0.127. The molecule has 0 bridgehead atoms. The Labute approximate surface area is 102 Å². The minimum Gasteiger partial charge on any atom is -0.371 e. The van der Waals surface area contributed by atoms with Gasteiger partial charge in [0.2, 0.25) is 0 Å². The fourth-order valence-electron chi connectivity index (χ4n) is 2.03. The molecular weight excluding hydrogens is 214 g/mol. The molecule has 1 aliphatic rings. The van der Waals surface area contributed by atoms with Gasteiger partial charge in [-0.15, -0.1) is 0 Å². The van der Waals surface area contributed by atoms with E-state index in [1.807, 2.05) is 26.0 Å². The number of rotatable bonds is 4. The van der Waals surface area contributed by atoms with Gasteiger partial charge in [-0.25, -0.2) is 0 Å². The Kier molecular flexibility index (Phi) is 3.92. The van der Waals surface area contributed by atoms with Crippen LogP contribution in [-0.2, 0) is 22.5 Å². The quantitative estimate of drug-likeness (QED) is 0.860. The largest absolute Gasteiger partial charge is 0.371 e. The highest BCUT2D eigenvalue weighted by Gasteiger charge is 2.23. The van der Waals surface area contributed by atoms with Crippen LogP contribution in [0.15, 0.2) is 24.3 Å². The van der Waals surface area contributed by atoms with Crippen molar-refractivity contribution in [1.29, 1.82) is 0 Å². The van der Waals surface area contributed by atoms with Gasteiger partial charge in [0.1, 0.15) is 6.61 Å². The summed E-state index contributed by atoms with van der Waals surface area (Å²) in [7, 11) is 0. The van der Waals surface area contributed by atoms with E-state index in [0.29, 0.717) is 0 Å². The number of Topliss-reactive ketones (excluding diaryl/α,β-unsaturated/α-hetero) is 1. The highest BCUT2D eigenvalue weighted by Crippen LogP contribution is 2.16. The lowest BCUT2D eigenvalue weighted by atomic mass is 9.94. The molecule has 1 N–H and O–H groups in total. The smallest absolute Gasteiger partial charge is 0.175 e.